The van der Waals surface area contributed by atoms with Crippen molar-refractivity contribution >= 4 is 60.3 Å². The van der Waals surface area contributed by atoms with Gasteiger partial charge in [0.2, 0.25) is 5.91 Å². The zero-order valence-electron chi connectivity index (χ0n) is 48.7. The number of aliphatic hydroxyl groups excluding tert-OH is 5. The van der Waals surface area contributed by atoms with Gasteiger partial charge in [-0.1, -0.05) is 68.9 Å². The molecule has 4 fully saturated rings. The van der Waals surface area contributed by atoms with Crippen LogP contribution in [0.3, 0.4) is 0 Å². The predicted molar refractivity (Wildman–Crippen MR) is 307 cm³/mol. The summed E-state index contributed by atoms with van der Waals surface area (Å²) < 4.78 is 108. The highest BCUT2D eigenvalue weighted by atomic mass is 32.2. The summed E-state index contributed by atoms with van der Waals surface area (Å²) in [7, 11) is -9.73. The van der Waals surface area contributed by atoms with E-state index in [0.29, 0.717) is 50.8 Å². The van der Waals surface area contributed by atoms with E-state index in [4.69, 9.17) is 28.4 Å². The van der Waals surface area contributed by atoms with Gasteiger partial charge in [-0.05, 0) is 119 Å². The van der Waals surface area contributed by atoms with Crippen LogP contribution in [0.5, 0.6) is 0 Å². The molecule has 480 valence electrons. The van der Waals surface area contributed by atoms with Gasteiger partial charge >= 0.3 is 11.9 Å². The number of esters is 1. The molecular weight excluding hydrogens is 1180 g/mol. The topological polar surface area (TPSA) is 397 Å². The first-order valence-corrected chi connectivity index (χ1v) is 32.6. The molecule has 8 rings (SSSR count). The van der Waals surface area contributed by atoms with Crippen LogP contribution in [0.2, 0.25) is 0 Å². The summed E-state index contributed by atoms with van der Waals surface area (Å²) in [5, 5.41) is 76.0. The fourth-order valence-corrected chi connectivity index (χ4v) is 13.8. The van der Waals surface area contributed by atoms with Crippen LogP contribution < -0.4 is 5.32 Å². The molecule has 87 heavy (non-hydrogen) atoms. The van der Waals surface area contributed by atoms with E-state index in [0.717, 1.165) is 50.3 Å². The molecule has 4 aromatic rings. The van der Waals surface area contributed by atoms with Crippen molar-refractivity contribution in [2.75, 3.05) is 11.9 Å². The van der Waals surface area contributed by atoms with Crippen LogP contribution in [0.1, 0.15) is 132 Å². The number of ketones is 1. The van der Waals surface area contributed by atoms with E-state index in [-0.39, 0.29) is 71.4 Å². The normalized spacial score (nSPS) is 28.7. The molecule has 14 unspecified atom stereocenters. The molecular formula is C59H80N4O22S2. The Morgan fingerprint density at radius 1 is 0.793 bits per heavy atom. The highest BCUT2D eigenvalue weighted by Crippen LogP contribution is 2.42. The zero-order chi connectivity index (χ0) is 62.9. The lowest BCUT2D eigenvalue weighted by molar-refractivity contribution is -0.349. The van der Waals surface area contributed by atoms with Crippen molar-refractivity contribution in [1.29, 1.82) is 0 Å². The summed E-state index contributed by atoms with van der Waals surface area (Å²) in [6.07, 6.45) is -9.80. The van der Waals surface area contributed by atoms with E-state index in [9.17, 15) is 75.8 Å². The lowest BCUT2D eigenvalue weighted by atomic mass is 9.74. The number of aromatic nitrogens is 3. The highest BCUT2D eigenvalue weighted by Gasteiger charge is 2.54. The zero-order valence-corrected chi connectivity index (χ0v) is 50.3. The summed E-state index contributed by atoms with van der Waals surface area (Å²) in [5.41, 5.74) is 0.928. The molecule has 9 N–H and O–H groups in total. The van der Waals surface area contributed by atoms with Crippen LogP contribution in [-0.2, 0) is 76.0 Å². The number of nitrogens with zero attached hydrogens (tertiary/aromatic N) is 3. The van der Waals surface area contributed by atoms with Crippen LogP contribution in [0.15, 0.2) is 70.6 Å². The van der Waals surface area contributed by atoms with Gasteiger partial charge < -0.3 is 64.4 Å². The number of carboxylic acid groups (broad SMARTS) is 1. The number of aliphatic hydroxyl groups is 5. The summed E-state index contributed by atoms with van der Waals surface area (Å²) in [4.78, 5) is 53.1. The minimum Gasteiger partial charge on any atom is -0.479 e. The van der Waals surface area contributed by atoms with Gasteiger partial charge in [-0.2, -0.15) is 16.8 Å². The number of amides is 1. The molecule has 0 spiro atoms. The second-order valence-corrected chi connectivity index (χ2v) is 26.1. The fourth-order valence-electron chi connectivity index (χ4n) is 12.3. The molecule has 4 aliphatic rings. The van der Waals surface area contributed by atoms with Gasteiger partial charge in [0.15, 0.2) is 24.8 Å². The second-order valence-electron chi connectivity index (χ2n) is 23.3. The lowest BCUT2D eigenvalue weighted by Crippen LogP contribution is -2.64. The van der Waals surface area contributed by atoms with Crippen molar-refractivity contribution in [1.82, 2.24) is 15.0 Å². The minimum atomic E-state index is -4.91. The average molecular weight is 1260 g/mol. The van der Waals surface area contributed by atoms with E-state index in [1.165, 1.54) is 32.0 Å². The number of rotatable bonds is 27. The Morgan fingerprint density at radius 2 is 1.51 bits per heavy atom. The van der Waals surface area contributed by atoms with Crippen LogP contribution in [0, 0.1) is 24.7 Å². The number of carbonyl (C=O) groups is 4. The smallest absolute Gasteiger partial charge is 0.338 e. The van der Waals surface area contributed by atoms with Crippen molar-refractivity contribution < 1.29 is 104 Å². The molecule has 1 amide bonds. The number of benzene rings is 3. The molecule has 0 bridgehead atoms. The predicted octanol–water partition coefficient (Wildman–Crippen LogP) is 4.47. The first-order valence-electron chi connectivity index (χ1n) is 29.7. The van der Waals surface area contributed by atoms with Gasteiger partial charge in [0, 0.05) is 42.3 Å². The number of ether oxygens (including phenoxy) is 6. The molecule has 15 atom stereocenters. The molecule has 3 aromatic carbocycles. The number of Topliss-reactive ketones (excluding diaryl/α,β-unsaturated/α-hetero) is 1. The van der Waals surface area contributed by atoms with E-state index in [1.54, 1.807) is 29.1 Å². The Morgan fingerprint density at radius 3 is 2.18 bits per heavy atom. The van der Waals surface area contributed by atoms with Crippen molar-refractivity contribution in [3.05, 3.63) is 77.6 Å². The molecule has 2 saturated heterocycles. The number of hydrogen-bond donors (Lipinski definition) is 9. The summed E-state index contributed by atoms with van der Waals surface area (Å²) in [6.45, 7) is 4.41. The van der Waals surface area contributed by atoms with Gasteiger partial charge in [0.25, 0.3) is 20.2 Å². The number of carbonyl (C=O) groups excluding carboxylic acids is 3. The molecule has 2 aliphatic heterocycles. The van der Waals surface area contributed by atoms with Gasteiger partial charge in [-0.15, -0.1) is 5.10 Å². The van der Waals surface area contributed by atoms with Crippen LogP contribution in [-0.4, -0.2) is 182 Å². The number of aryl methyl sites for hydroxylation is 3. The van der Waals surface area contributed by atoms with Gasteiger partial charge in [0.1, 0.15) is 52.2 Å². The molecule has 2 aliphatic carbocycles. The Labute approximate surface area is 504 Å². The van der Waals surface area contributed by atoms with Crippen molar-refractivity contribution in [3.8, 4) is 0 Å². The van der Waals surface area contributed by atoms with Crippen molar-refractivity contribution in [2.24, 2.45) is 17.8 Å². The maximum Gasteiger partial charge on any atom is 0.338 e. The summed E-state index contributed by atoms with van der Waals surface area (Å²) >= 11 is 0. The maximum atomic E-state index is 14.4. The number of anilines is 1. The molecule has 0 radical (unpaired) electrons. The largest absolute Gasteiger partial charge is 0.479 e. The van der Waals surface area contributed by atoms with E-state index < -0.39 is 146 Å². The summed E-state index contributed by atoms with van der Waals surface area (Å²) in [6, 6.07) is 12.5. The number of carboxylic acids is 1. The van der Waals surface area contributed by atoms with E-state index >= 15 is 0 Å². The van der Waals surface area contributed by atoms with Gasteiger partial charge in [-0.3, -0.25) is 23.4 Å². The monoisotopic (exact) mass is 1260 g/mol. The molecule has 3 heterocycles. The number of aliphatic carboxylic acids is 1. The fraction of sp³-hybridized carbons (Fsp3) is 0.627. The number of hydrogen-bond acceptors (Lipinski definition) is 21. The number of unbranched alkanes of at least 4 members (excludes halogenated alkanes) is 2. The molecule has 26 nitrogen and oxygen atoms in total. The number of fused-ring (bicyclic) bond motifs is 1. The summed E-state index contributed by atoms with van der Waals surface area (Å²) in [5.74, 6) is -3.97. The Balaban J connectivity index is 0.926. The maximum absolute atomic E-state index is 14.4. The minimum absolute atomic E-state index is 0.00432. The third-order valence-electron chi connectivity index (χ3n) is 17.0. The average Bonchev–Trinajstić information content (AvgIpc) is 1.26. The van der Waals surface area contributed by atoms with E-state index in [2.05, 4.69) is 15.6 Å². The van der Waals surface area contributed by atoms with Crippen molar-refractivity contribution in [2.45, 2.75) is 220 Å². The quantitative estimate of drug-likeness (QED) is 0.0226. The van der Waals surface area contributed by atoms with Gasteiger partial charge in [0.05, 0.1) is 41.9 Å². The number of nitrogens with one attached hydrogen (secondary N) is 1. The molecule has 2 saturated carbocycles. The SMILES string of the molecule is CCC1CC(C(=O)CCCCc2cn(CCCCC(=O)Nc3ccc(S(=O)(=O)O)c4cc(C)cc(S(=O)(=O)O)c34)nn2)CC(OC2OC(CO)C(O)C(O[C@@H](CC3CCCCC3)C(=O)O)C2OC(=O)c2ccccc2)C1OC1OC(C)C(O)C(O)C1O. The molecule has 1 aromatic heterocycles. The van der Waals surface area contributed by atoms with Crippen LogP contribution in [0.4, 0.5) is 5.69 Å². The molecule has 28 heteroatoms. The standard InChI is InChI=1S/C59H80N4O22S2/c1-4-35-28-37(41(65)20-12-11-19-38-30-63(62-61-38)24-14-13-21-47(66)60-40-22-23-45(86(74,75)76)39-25-32(2)26-46(48(39)40)87(77,78)79)29-42(53(35)85-58-52(70)51(69)49(67)33(3)80-58)82-59-55(84-57(73)36-17-9-6-10-18-36)54(50(68)44(31-64)83-59)81-43(56(71)72)27-34-15-7-5-8-16-34/h6,9-10,17-18,22-23,25-26,30,33-35,37,42-44,49-55,58-59,64,67-70H,4-5,7-8,11-16,19-21,24,27-29,31H2,1-3H3,(H,60,66)(H,71,72)(H,74,75,76)(H,77,78,79)/t33?,35?,37?,42?,43-,44?,49?,50?,51?,52?,53?,54?,55?,58?,59?/m0/s1. The second kappa shape index (κ2) is 29.9. The third kappa shape index (κ3) is 17.1. The Bertz CT molecular complexity index is 3240. The van der Waals surface area contributed by atoms with Gasteiger partial charge in [-0.25, -0.2) is 9.59 Å². The van der Waals surface area contributed by atoms with E-state index in [1.807, 2.05) is 6.92 Å². The van der Waals surface area contributed by atoms with Crippen LogP contribution >= 0.6 is 0 Å². The first kappa shape index (κ1) is 67.5. The van der Waals surface area contributed by atoms with Crippen molar-refractivity contribution in [3.63, 3.8) is 0 Å². The third-order valence-corrected chi connectivity index (χ3v) is 18.8. The van der Waals surface area contributed by atoms with Crippen LogP contribution in [0.25, 0.3) is 10.8 Å². The highest BCUT2D eigenvalue weighted by molar-refractivity contribution is 7.86. The Hall–Kier alpha value is -5.44. The lowest BCUT2D eigenvalue weighted by Gasteiger charge is -2.49. The first-order chi connectivity index (χ1) is 41.3. The Kier molecular flexibility index (Phi) is 23.2.